The lowest BCUT2D eigenvalue weighted by Gasteiger charge is -2.01. The molecule has 11 heavy (non-hydrogen) atoms. The monoisotopic (exact) mass is 169 g/mol. The van der Waals surface area contributed by atoms with Crippen LogP contribution in [0.4, 0.5) is 4.39 Å². The van der Waals surface area contributed by atoms with Crippen molar-refractivity contribution in [1.82, 2.24) is 0 Å². The van der Waals surface area contributed by atoms with Crippen LogP contribution in [0.3, 0.4) is 0 Å². The predicted molar refractivity (Wildman–Crippen MR) is 47.0 cm³/mol. The second-order valence-electron chi connectivity index (χ2n) is 2.32. The molecule has 0 aliphatic rings. The van der Waals surface area contributed by atoms with Crippen LogP contribution in [0.1, 0.15) is 11.1 Å². The van der Waals surface area contributed by atoms with E-state index in [2.05, 4.69) is 0 Å². The van der Waals surface area contributed by atoms with Crippen LogP contribution >= 0.6 is 12.2 Å². The van der Waals surface area contributed by atoms with Crippen molar-refractivity contribution < 1.29 is 4.39 Å². The summed E-state index contributed by atoms with van der Waals surface area (Å²) in [6, 6.07) is 4.39. The second kappa shape index (κ2) is 2.96. The number of thiocarbonyl (C=S) groups is 1. The summed E-state index contributed by atoms with van der Waals surface area (Å²) in [7, 11) is 0. The third kappa shape index (κ3) is 1.74. The van der Waals surface area contributed by atoms with Gasteiger partial charge in [-0.1, -0.05) is 18.3 Å². The maximum Gasteiger partial charge on any atom is 0.123 e. The molecule has 3 heteroatoms. The number of hydrogen-bond acceptors (Lipinski definition) is 1. The fourth-order valence-electron chi connectivity index (χ4n) is 0.860. The highest BCUT2D eigenvalue weighted by Gasteiger charge is 2.01. The van der Waals surface area contributed by atoms with E-state index in [0.29, 0.717) is 5.56 Å². The van der Waals surface area contributed by atoms with E-state index in [1.165, 1.54) is 12.1 Å². The fourth-order valence-corrected chi connectivity index (χ4v) is 1.08. The Morgan fingerprint density at radius 1 is 1.55 bits per heavy atom. The van der Waals surface area contributed by atoms with Crippen molar-refractivity contribution in [1.29, 1.82) is 0 Å². The lowest BCUT2D eigenvalue weighted by atomic mass is 10.1. The number of hydrogen-bond donors (Lipinski definition) is 1. The minimum absolute atomic E-state index is 0.238. The normalized spacial score (nSPS) is 9.64. The first-order chi connectivity index (χ1) is 5.11. The van der Waals surface area contributed by atoms with E-state index >= 15 is 0 Å². The summed E-state index contributed by atoms with van der Waals surface area (Å²) >= 11 is 4.72. The molecular weight excluding hydrogens is 161 g/mol. The Labute approximate surface area is 70.0 Å². The molecule has 1 nitrogen and oxygen atoms in total. The molecule has 2 N–H and O–H groups in total. The van der Waals surface area contributed by atoms with E-state index in [9.17, 15) is 4.39 Å². The van der Waals surface area contributed by atoms with E-state index in [1.807, 2.05) is 6.92 Å². The van der Waals surface area contributed by atoms with Crippen LogP contribution in [-0.2, 0) is 0 Å². The fraction of sp³-hybridized carbons (Fsp3) is 0.125. The third-order valence-electron chi connectivity index (χ3n) is 1.47. The molecule has 58 valence electrons. The summed E-state index contributed by atoms with van der Waals surface area (Å²) in [5, 5.41) is 0. The Morgan fingerprint density at radius 2 is 2.18 bits per heavy atom. The highest BCUT2D eigenvalue weighted by Crippen LogP contribution is 2.09. The van der Waals surface area contributed by atoms with E-state index in [1.54, 1.807) is 6.07 Å². The zero-order valence-corrected chi connectivity index (χ0v) is 6.91. The molecule has 0 heterocycles. The highest BCUT2D eigenvalue weighted by molar-refractivity contribution is 7.80. The van der Waals surface area contributed by atoms with E-state index in [0.717, 1.165) is 5.56 Å². The minimum Gasteiger partial charge on any atom is -0.389 e. The average Bonchev–Trinajstić information content (AvgIpc) is 1.94. The van der Waals surface area contributed by atoms with E-state index in [4.69, 9.17) is 18.0 Å². The molecule has 0 aliphatic carbocycles. The van der Waals surface area contributed by atoms with Gasteiger partial charge in [0.1, 0.15) is 10.8 Å². The molecule has 0 amide bonds. The highest BCUT2D eigenvalue weighted by atomic mass is 32.1. The molecule has 0 atom stereocenters. The van der Waals surface area contributed by atoms with Gasteiger partial charge in [-0.2, -0.15) is 0 Å². The zero-order chi connectivity index (χ0) is 8.43. The second-order valence-corrected chi connectivity index (χ2v) is 2.76. The van der Waals surface area contributed by atoms with Crippen molar-refractivity contribution in [2.45, 2.75) is 6.92 Å². The van der Waals surface area contributed by atoms with Gasteiger partial charge in [0, 0.05) is 5.56 Å². The Kier molecular flexibility index (Phi) is 2.19. The largest absolute Gasteiger partial charge is 0.389 e. The predicted octanol–water partition coefficient (Wildman–Crippen LogP) is 1.77. The molecule has 1 aromatic carbocycles. The zero-order valence-electron chi connectivity index (χ0n) is 6.10. The quantitative estimate of drug-likeness (QED) is 0.648. The van der Waals surface area contributed by atoms with Gasteiger partial charge in [-0.3, -0.25) is 0 Å². The van der Waals surface area contributed by atoms with Crippen molar-refractivity contribution in [3.8, 4) is 0 Å². The number of rotatable bonds is 1. The first-order valence-electron chi connectivity index (χ1n) is 3.17. The van der Waals surface area contributed by atoms with Crippen LogP contribution in [0.2, 0.25) is 0 Å². The lowest BCUT2D eigenvalue weighted by Crippen LogP contribution is -2.11. The molecular formula is C8H8FNS. The first kappa shape index (κ1) is 8.14. The number of benzene rings is 1. The number of nitrogens with two attached hydrogens (primary N) is 1. The van der Waals surface area contributed by atoms with Crippen LogP contribution < -0.4 is 5.73 Å². The van der Waals surface area contributed by atoms with Crippen molar-refractivity contribution in [3.05, 3.63) is 35.1 Å². The summed E-state index contributed by atoms with van der Waals surface area (Å²) in [5.74, 6) is -0.307. The van der Waals surface area contributed by atoms with Gasteiger partial charge in [-0.15, -0.1) is 0 Å². The summed E-state index contributed by atoms with van der Waals surface area (Å²) < 4.78 is 12.6. The maximum absolute atomic E-state index is 12.6. The van der Waals surface area contributed by atoms with Crippen LogP contribution in [-0.4, -0.2) is 4.99 Å². The molecule has 0 saturated heterocycles. The Bertz CT molecular complexity index is 296. The standard InChI is InChI=1S/C8H8FNS/c1-5-2-3-6(9)4-7(5)8(10)11/h2-4H,1H3,(H2,10,11). The molecule has 0 radical (unpaired) electrons. The molecule has 1 rings (SSSR count). The van der Waals surface area contributed by atoms with Crippen molar-refractivity contribution >= 4 is 17.2 Å². The number of halogens is 1. The van der Waals surface area contributed by atoms with E-state index in [-0.39, 0.29) is 10.8 Å². The molecule has 0 spiro atoms. The SMILES string of the molecule is Cc1ccc(F)cc1C(N)=S. The summed E-state index contributed by atoms with van der Waals surface area (Å²) in [5.41, 5.74) is 6.86. The number of aryl methyl sites for hydroxylation is 1. The van der Waals surface area contributed by atoms with Gasteiger partial charge in [0.15, 0.2) is 0 Å². The smallest absolute Gasteiger partial charge is 0.123 e. The Balaban J connectivity index is 3.23. The summed E-state index contributed by atoms with van der Waals surface area (Å²) in [4.78, 5) is 0.238. The molecule has 1 aromatic rings. The molecule has 0 aromatic heterocycles. The van der Waals surface area contributed by atoms with Crippen molar-refractivity contribution in [2.75, 3.05) is 0 Å². The minimum atomic E-state index is -0.307. The van der Waals surface area contributed by atoms with Gasteiger partial charge < -0.3 is 5.73 Å². The molecule has 0 bridgehead atoms. The third-order valence-corrected chi connectivity index (χ3v) is 1.68. The maximum atomic E-state index is 12.6. The summed E-state index contributed by atoms with van der Waals surface area (Å²) in [6.45, 7) is 1.84. The van der Waals surface area contributed by atoms with Gasteiger partial charge in [-0.05, 0) is 24.6 Å². The van der Waals surface area contributed by atoms with Crippen molar-refractivity contribution in [2.24, 2.45) is 5.73 Å². The Hall–Kier alpha value is -0.960. The molecule has 0 fully saturated rings. The van der Waals surface area contributed by atoms with Crippen LogP contribution in [0.15, 0.2) is 18.2 Å². The van der Waals surface area contributed by atoms with Gasteiger partial charge in [0.25, 0.3) is 0 Å². The Morgan fingerprint density at radius 3 is 2.64 bits per heavy atom. The van der Waals surface area contributed by atoms with Gasteiger partial charge in [0.05, 0.1) is 0 Å². The topological polar surface area (TPSA) is 26.0 Å². The van der Waals surface area contributed by atoms with Gasteiger partial charge in [-0.25, -0.2) is 4.39 Å². The van der Waals surface area contributed by atoms with Crippen LogP contribution in [0.5, 0.6) is 0 Å². The van der Waals surface area contributed by atoms with E-state index < -0.39 is 0 Å². The molecule has 0 saturated carbocycles. The van der Waals surface area contributed by atoms with Crippen LogP contribution in [0, 0.1) is 12.7 Å². The lowest BCUT2D eigenvalue weighted by molar-refractivity contribution is 0.627. The molecule has 0 aliphatic heterocycles. The van der Waals surface area contributed by atoms with Crippen molar-refractivity contribution in [3.63, 3.8) is 0 Å². The van der Waals surface area contributed by atoms with Crippen LogP contribution in [0.25, 0.3) is 0 Å². The van der Waals surface area contributed by atoms with Gasteiger partial charge >= 0.3 is 0 Å². The van der Waals surface area contributed by atoms with Gasteiger partial charge in [0.2, 0.25) is 0 Å². The molecule has 0 unspecified atom stereocenters. The first-order valence-corrected chi connectivity index (χ1v) is 3.58. The average molecular weight is 169 g/mol. The summed E-state index contributed by atoms with van der Waals surface area (Å²) in [6.07, 6.45) is 0.